The Bertz CT molecular complexity index is 855. The molecule has 0 radical (unpaired) electrons. The highest BCUT2D eigenvalue weighted by Crippen LogP contribution is 2.30. The molecule has 0 bridgehead atoms. The number of H-pyrrole nitrogens is 1. The minimum Gasteiger partial charge on any atom is -0.355 e. The predicted octanol–water partition coefficient (Wildman–Crippen LogP) is 5.91. The Morgan fingerprint density at radius 2 is 1.83 bits per heavy atom. The number of rotatable bonds is 4. The second-order valence-corrected chi connectivity index (χ2v) is 7.31. The molecule has 3 aromatic rings. The van der Waals surface area contributed by atoms with Crippen molar-refractivity contribution in [2.45, 2.75) is 19.3 Å². The summed E-state index contributed by atoms with van der Waals surface area (Å²) in [7, 11) is 0. The van der Waals surface area contributed by atoms with Crippen molar-refractivity contribution in [2.75, 3.05) is 11.9 Å². The number of benzene rings is 2. The molecule has 1 heterocycles. The third kappa shape index (κ3) is 3.42. The first-order valence-corrected chi connectivity index (χ1v) is 8.34. The van der Waals surface area contributed by atoms with E-state index in [-0.39, 0.29) is 5.41 Å². The standard InChI is InChI=1S/C17H16Cl3N3/c1-17(2,10-6-7-11(18)13(20)8-10)9-21-16-22-14-5-3-4-12(19)15(14)23-16/h3-8H,9H2,1-2H3,(H2,21,22,23). The van der Waals surface area contributed by atoms with Crippen molar-refractivity contribution in [3.05, 3.63) is 57.0 Å². The Hall–Kier alpha value is -1.42. The van der Waals surface area contributed by atoms with Gasteiger partial charge in [0.2, 0.25) is 5.95 Å². The topological polar surface area (TPSA) is 40.7 Å². The molecule has 2 N–H and O–H groups in total. The summed E-state index contributed by atoms with van der Waals surface area (Å²) in [6, 6.07) is 11.4. The van der Waals surface area contributed by atoms with E-state index in [1.807, 2.05) is 36.4 Å². The Morgan fingerprint density at radius 3 is 2.52 bits per heavy atom. The van der Waals surface area contributed by atoms with Crippen molar-refractivity contribution in [3.8, 4) is 0 Å². The summed E-state index contributed by atoms with van der Waals surface area (Å²) < 4.78 is 0. The molecule has 120 valence electrons. The van der Waals surface area contributed by atoms with Crippen LogP contribution in [0, 0.1) is 0 Å². The first kappa shape index (κ1) is 16.4. The van der Waals surface area contributed by atoms with Gasteiger partial charge in [0, 0.05) is 12.0 Å². The molecule has 0 unspecified atom stereocenters. The van der Waals surface area contributed by atoms with Crippen LogP contribution in [0.4, 0.5) is 5.95 Å². The maximum atomic E-state index is 6.15. The number of hydrogen-bond acceptors (Lipinski definition) is 2. The zero-order chi connectivity index (χ0) is 16.6. The highest BCUT2D eigenvalue weighted by atomic mass is 35.5. The normalized spacial score (nSPS) is 11.9. The first-order chi connectivity index (χ1) is 10.9. The molecular weight excluding hydrogens is 353 g/mol. The number of anilines is 1. The van der Waals surface area contributed by atoms with E-state index in [1.54, 1.807) is 0 Å². The van der Waals surface area contributed by atoms with E-state index >= 15 is 0 Å². The molecule has 0 aliphatic rings. The fraction of sp³-hybridized carbons (Fsp3) is 0.235. The van der Waals surface area contributed by atoms with Gasteiger partial charge in [0.15, 0.2) is 0 Å². The molecule has 6 heteroatoms. The SMILES string of the molecule is CC(C)(CNc1nc2c(Cl)cccc2[nH]1)c1ccc(Cl)c(Cl)c1. The number of imidazole rings is 1. The van der Waals surface area contributed by atoms with E-state index in [9.17, 15) is 0 Å². The van der Waals surface area contributed by atoms with Crippen molar-refractivity contribution in [1.82, 2.24) is 9.97 Å². The molecule has 0 saturated heterocycles. The molecule has 0 amide bonds. The summed E-state index contributed by atoms with van der Waals surface area (Å²) in [5.41, 5.74) is 2.64. The van der Waals surface area contributed by atoms with E-state index in [0.29, 0.717) is 27.6 Å². The molecule has 1 aromatic heterocycles. The Kier molecular flexibility index (Phi) is 4.45. The largest absolute Gasteiger partial charge is 0.355 e. The third-order valence-electron chi connectivity index (χ3n) is 3.86. The maximum Gasteiger partial charge on any atom is 0.201 e. The number of aromatic nitrogens is 2. The molecule has 0 aliphatic heterocycles. The lowest BCUT2D eigenvalue weighted by Gasteiger charge is -2.26. The zero-order valence-corrected chi connectivity index (χ0v) is 15.0. The Balaban J connectivity index is 1.79. The molecule has 0 spiro atoms. The number of fused-ring (bicyclic) bond motifs is 1. The molecule has 3 nitrogen and oxygen atoms in total. The third-order valence-corrected chi connectivity index (χ3v) is 4.91. The second-order valence-electron chi connectivity index (χ2n) is 6.09. The highest BCUT2D eigenvalue weighted by molar-refractivity contribution is 6.42. The summed E-state index contributed by atoms with van der Waals surface area (Å²) in [6.07, 6.45) is 0. The molecule has 3 rings (SSSR count). The average molecular weight is 369 g/mol. The van der Waals surface area contributed by atoms with Crippen LogP contribution >= 0.6 is 34.8 Å². The van der Waals surface area contributed by atoms with Gasteiger partial charge in [0.25, 0.3) is 0 Å². The van der Waals surface area contributed by atoms with Gasteiger partial charge < -0.3 is 10.3 Å². The monoisotopic (exact) mass is 367 g/mol. The van der Waals surface area contributed by atoms with Crippen LogP contribution < -0.4 is 5.32 Å². The van der Waals surface area contributed by atoms with Gasteiger partial charge in [-0.15, -0.1) is 0 Å². The van der Waals surface area contributed by atoms with E-state index in [4.69, 9.17) is 34.8 Å². The summed E-state index contributed by atoms with van der Waals surface area (Å²) in [5.74, 6) is 0.696. The molecule has 0 atom stereocenters. The predicted molar refractivity (Wildman–Crippen MR) is 99.1 cm³/mol. The number of nitrogens with one attached hydrogen (secondary N) is 2. The lowest BCUT2D eigenvalue weighted by molar-refractivity contribution is 0.555. The Morgan fingerprint density at radius 1 is 1.04 bits per heavy atom. The van der Waals surface area contributed by atoms with Gasteiger partial charge in [0.05, 0.1) is 20.6 Å². The number of nitrogens with zero attached hydrogens (tertiary/aromatic N) is 1. The minimum atomic E-state index is -0.142. The fourth-order valence-corrected chi connectivity index (χ4v) is 2.92. The van der Waals surface area contributed by atoms with Gasteiger partial charge in [-0.05, 0) is 29.8 Å². The van der Waals surface area contributed by atoms with Crippen LogP contribution in [0.5, 0.6) is 0 Å². The minimum absolute atomic E-state index is 0.142. The van der Waals surface area contributed by atoms with Crippen LogP contribution in [0.15, 0.2) is 36.4 Å². The van der Waals surface area contributed by atoms with Crippen molar-refractivity contribution in [1.29, 1.82) is 0 Å². The van der Waals surface area contributed by atoms with E-state index in [1.165, 1.54) is 0 Å². The van der Waals surface area contributed by atoms with Crippen LogP contribution in [0.1, 0.15) is 19.4 Å². The van der Waals surface area contributed by atoms with Gasteiger partial charge in [-0.25, -0.2) is 4.98 Å². The number of para-hydroxylation sites is 1. The molecule has 0 aliphatic carbocycles. The van der Waals surface area contributed by atoms with Gasteiger partial charge in [0.1, 0.15) is 5.52 Å². The van der Waals surface area contributed by atoms with Crippen molar-refractivity contribution in [3.63, 3.8) is 0 Å². The van der Waals surface area contributed by atoms with E-state index in [0.717, 1.165) is 16.6 Å². The van der Waals surface area contributed by atoms with Crippen LogP contribution in [0.3, 0.4) is 0 Å². The van der Waals surface area contributed by atoms with Crippen LogP contribution in [0.25, 0.3) is 11.0 Å². The van der Waals surface area contributed by atoms with Gasteiger partial charge >= 0.3 is 0 Å². The quantitative estimate of drug-likeness (QED) is 0.600. The average Bonchev–Trinajstić information content (AvgIpc) is 2.93. The van der Waals surface area contributed by atoms with Crippen LogP contribution in [-0.2, 0) is 5.41 Å². The molecule has 0 saturated carbocycles. The number of hydrogen-bond donors (Lipinski definition) is 2. The molecule has 23 heavy (non-hydrogen) atoms. The van der Waals surface area contributed by atoms with Crippen molar-refractivity contribution < 1.29 is 0 Å². The number of halogens is 3. The van der Waals surface area contributed by atoms with Crippen LogP contribution in [-0.4, -0.2) is 16.5 Å². The first-order valence-electron chi connectivity index (χ1n) is 7.20. The van der Waals surface area contributed by atoms with E-state index in [2.05, 4.69) is 29.1 Å². The summed E-state index contributed by atoms with van der Waals surface area (Å²) in [6.45, 7) is 4.95. The Labute approximate surface area is 150 Å². The van der Waals surface area contributed by atoms with Gasteiger partial charge in [-0.1, -0.05) is 60.8 Å². The van der Waals surface area contributed by atoms with Crippen LogP contribution in [0.2, 0.25) is 15.1 Å². The second kappa shape index (κ2) is 6.23. The smallest absolute Gasteiger partial charge is 0.201 e. The summed E-state index contributed by atoms with van der Waals surface area (Å²) in [5, 5.41) is 5.09. The van der Waals surface area contributed by atoms with E-state index < -0.39 is 0 Å². The lowest BCUT2D eigenvalue weighted by Crippen LogP contribution is -2.28. The summed E-state index contributed by atoms with van der Waals surface area (Å²) in [4.78, 5) is 7.72. The number of aromatic amines is 1. The fourth-order valence-electron chi connectivity index (χ4n) is 2.40. The molecule has 0 fully saturated rings. The highest BCUT2D eigenvalue weighted by Gasteiger charge is 2.22. The van der Waals surface area contributed by atoms with Crippen molar-refractivity contribution in [2.24, 2.45) is 0 Å². The summed E-state index contributed by atoms with van der Waals surface area (Å²) >= 11 is 18.3. The van der Waals surface area contributed by atoms with Gasteiger partial charge in [-0.2, -0.15) is 0 Å². The lowest BCUT2D eigenvalue weighted by atomic mass is 9.84. The molecular formula is C17H16Cl3N3. The molecule has 2 aromatic carbocycles. The van der Waals surface area contributed by atoms with Crippen molar-refractivity contribution >= 4 is 51.8 Å². The zero-order valence-electron chi connectivity index (χ0n) is 12.8. The maximum absolute atomic E-state index is 6.15. The van der Waals surface area contributed by atoms with Gasteiger partial charge in [-0.3, -0.25) is 0 Å².